The maximum atomic E-state index is 12.4. The summed E-state index contributed by atoms with van der Waals surface area (Å²) in [5.74, 6) is -1.08. The number of carboxylic acid groups (broad SMARTS) is 1. The average molecular weight is 290 g/mol. The van der Waals surface area contributed by atoms with Crippen LogP contribution in [0.25, 0.3) is 0 Å². The van der Waals surface area contributed by atoms with Crippen LogP contribution in [0.5, 0.6) is 0 Å². The molecule has 0 saturated heterocycles. The smallest absolute Gasteiger partial charge is 0.305 e. The molecule has 1 heterocycles. The van der Waals surface area contributed by atoms with Gasteiger partial charge < -0.3 is 10.4 Å². The maximum Gasteiger partial charge on any atom is 0.305 e. The summed E-state index contributed by atoms with van der Waals surface area (Å²) in [6, 6.07) is 1.82. The van der Waals surface area contributed by atoms with Gasteiger partial charge in [-0.15, -0.1) is 0 Å². The molecule has 0 aromatic carbocycles. The van der Waals surface area contributed by atoms with E-state index in [1.165, 1.54) is 6.20 Å². The molecule has 114 valence electrons. The van der Waals surface area contributed by atoms with Gasteiger partial charge in [-0.25, -0.2) is 0 Å². The Balaban J connectivity index is 2.15. The molecule has 5 nitrogen and oxygen atoms in total. The first-order chi connectivity index (χ1) is 10.0. The zero-order valence-corrected chi connectivity index (χ0v) is 12.4. The van der Waals surface area contributed by atoms with Crippen molar-refractivity contribution < 1.29 is 14.7 Å². The minimum absolute atomic E-state index is 0.0142. The highest BCUT2D eigenvalue weighted by atomic mass is 16.4. The van der Waals surface area contributed by atoms with Gasteiger partial charge in [0.1, 0.15) is 0 Å². The molecular formula is C16H22N2O3. The summed E-state index contributed by atoms with van der Waals surface area (Å²) in [5, 5.41) is 12.1. The number of rotatable bonds is 5. The number of hydrogen-bond acceptors (Lipinski definition) is 3. The number of amides is 1. The molecule has 0 radical (unpaired) electrons. The largest absolute Gasteiger partial charge is 0.481 e. The summed E-state index contributed by atoms with van der Waals surface area (Å²) >= 11 is 0. The molecule has 1 aliphatic rings. The minimum atomic E-state index is -0.863. The molecule has 21 heavy (non-hydrogen) atoms. The van der Waals surface area contributed by atoms with Crippen LogP contribution in [-0.2, 0) is 11.2 Å². The van der Waals surface area contributed by atoms with Crippen molar-refractivity contribution in [3.05, 3.63) is 29.6 Å². The van der Waals surface area contributed by atoms with Gasteiger partial charge in [-0.3, -0.25) is 14.6 Å². The van der Waals surface area contributed by atoms with Gasteiger partial charge in [0.2, 0.25) is 0 Å². The molecule has 0 spiro atoms. The van der Waals surface area contributed by atoms with Gasteiger partial charge in [0, 0.05) is 12.4 Å². The Morgan fingerprint density at radius 3 is 2.62 bits per heavy atom. The van der Waals surface area contributed by atoms with E-state index in [1.54, 1.807) is 6.20 Å². The van der Waals surface area contributed by atoms with Crippen molar-refractivity contribution in [3.8, 4) is 0 Å². The Morgan fingerprint density at radius 1 is 1.29 bits per heavy atom. The second-order valence-electron chi connectivity index (χ2n) is 5.80. The second-order valence-corrected chi connectivity index (χ2v) is 5.80. The summed E-state index contributed by atoms with van der Waals surface area (Å²) < 4.78 is 0. The first kappa shape index (κ1) is 15.5. The van der Waals surface area contributed by atoms with Crippen LogP contribution in [0, 0.1) is 0 Å². The summed E-state index contributed by atoms with van der Waals surface area (Å²) in [6.45, 7) is 2.01. The van der Waals surface area contributed by atoms with Crippen molar-refractivity contribution in [2.24, 2.45) is 0 Å². The Labute approximate surface area is 124 Å². The van der Waals surface area contributed by atoms with Crippen LogP contribution in [0.3, 0.4) is 0 Å². The fourth-order valence-corrected chi connectivity index (χ4v) is 2.98. The normalized spacial score (nSPS) is 17.2. The number of carbonyl (C=O) groups is 2. The maximum absolute atomic E-state index is 12.4. The fraction of sp³-hybridized carbons (Fsp3) is 0.562. The summed E-state index contributed by atoms with van der Waals surface area (Å²) in [5.41, 5.74) is 0.895. The van der Waals surface area contributed by atoms with Gasteiger partial charge in [0.05, 0.1) is 17.5 Å². The standard InChI is InChI=1S/C16H22N2O3/c1-2-12-8-13(11-17-10-12)15(21)18-16(9-14(19)20)6-4-3-5-7-16/h8,10-11H,2-7,9H2,1H3,(H,18,21)(H,19,20). The van der Waals surface area contributed by atoms with Crippen molar-refractivity contribution >= 4 is 11.9 Å². The van der Waals surface area contributed by atoms with E-state index < -0.39 is 11.5 Å². The van der Waals surface area contributed by atoms with Crippen LogP contribution in [0.15, 0.2) is 18.5 Å². The summed E-state index contributed by atoms with van der Waals surface area (Å²) in [4.78, 5) is 27.6. The molecule has 1 aromatic rings. The van der Waals surface area contributed by atoms with E-state index in [0.29, 0.717) is 5.56 Å². The number of nitrogens with one attached hydrogen (secondary N) is 1. The monoisotopic (exact) mass is 290 g/mol. The fourth-order valence-electron chi connectivity index (χ4n) is 2.98. The van der Waals surface area contributed by atoms with Crippen molar-refractivity contribution in [1.82, 2.24) is 10.3 Å². The highest BCUT2D eigenvalue weighted by Gasteiger charge is 2.36. The molecule has 1 fully saturated rings. The van der Waals surface area contributed by atoms with Crippen LogP contribution >= 0.6 is 0 Å². The number of carboxylic acids is 1. The van der Waals surface area contributed by atoms with Crippen LogP contribution in [0.1, 0.15) is 61.4 Å². The van der Waals surface area contributed by atoms with E-state index in [0.717, 1.165) is 44.1 Å². The third kappa shape index (κ3) is 4.03. The van der Waals surface area contributed by atoms with E-state index in [9.17, 15) is 9.59 Å². The molecule has 2 rings (SSSR count). The quantitative estimate of drug-likeness (QED) is 0.873. The average Bonchev–Trinajstić information content (AvgIpc) is 2.47. The molecule has 1 aliphatic carbocycles. The minimum Gasteiger partial charge on any atom is -0.481 e. The van der Waals surface area contributed by atoms with Crippen molar-refractivity contribution in [3.63, 3.8) is 0 Å². The van der Waals surface area contributed by atoms with Crippen molar-refractivity contribution in [2.45, 2.75) is 57.4 Å². The van der Waals surface area contributed by atoms with Gasteiger partial charge >= 0.3 is 5.97 Å². The lowest BCUT2D eigenvalue weighted by Gasteiger charge is -2.37. The Morgan fingerprint density at radius 2 is 2.00 bits per heavy atom. The lowest BCUT2D eigenvalue weighted by atomic mass is 9.79. The lowest BCUT2D eigenvalue weighted by Crippen LogP contribution is -2.51. The Hall–Kier alpha value is -1.91. The van der Waals surface area contributed by atoms with Gasteiger partial charge in [0.25, 0.3) is 5.91 Å². The van der Waals surface area contributed by atoms with Crippen LogP contribution in [0.4, 0.5) is 0 Å². The molecule has 2 N–H and O–H groups in total. The SMILES string of the molecule is CCc1cncc(C(=O)NC2(CC(=O)O)CCCCC2)c1. The molecule has 1 amide bonds. The van der Waals surface area contributed by atoms with Gasteiger partial charge in [-0.05, 0) is 30.9 Å². The van der Waals surface area contributed by atoms with Crippen LogP contribution in [0.2, 0.25) is 0 Å². The number of hydrogen-bond donors (Lipinski definition) is 2. The predicted molar refractivity (Wildman–Crippen MR) is 79.2 cm³/mol. The highest BCUT2D eigenvalue weighted by Crippen LogP contribution is 2.31. The third-order valence-electron chi connectivity index (χ3n) is 4.14. The van der Waals surface area contributed by atoms with Crippen LogP contribution < -0.4 is 5.32 Å². The number of aryl methyl sites for hydroxylation is 1. The van der Waals surface area contributed by atoms with E-state index in [2.05, 4.69) is 10.3 Å². The molecule has 5 heteroatoms. The molecule has 0 unspecified atom stereocenters. The molecule has 0 aliphatic heterocycles. The number of pyridine rings is 1. The summed E-state index contributed by atoms with van der Waals surface area (Å²) in [6.07, 6.45) is 8.55. The molecule has 1 aromatic heterocycles. The Bertz CT molecular complexity index is 522. The van der Waals surface area contributed by atoms with Gasteiger partial charge in [0.15, 0.2) is 0 Å². The number of nitrogens with zero attached hydrogens (tertiary/aromatic N) is 1. The van der Waals surface area contributed by atoms with Crippen LogP contribution in [-0.4, -0.2) is 27.5 Å². The van der Waals surface area contributed by atoms with Crippen molar-refractivity contribution in [2.75, 3.05) is 0 Å². The van der Waals surface area contributed by atoms with Gasteiger partial charge in [-0.2, -0.15) is 0 Å². The number of carbonyl (C=O) groups excluding carboxylic acids is 1. The van der Waals surface area contributed by atoms with E-state index in [-0.39, 0.29) is 12.3 Å². The number of aromatic nitrogens is 1. The highest BCUT2D eigenvalue weighted by molar-refractivity contribution is 5.94. The topological polar surface area (TPSA) is 79.3 Å². The zero-order valence-electron chi connectivity index (χ0n) is 12.4. The summed E-state index contributed by atoms with van der Waals surface area (Å²) in [7, 11) is 0. The third-order valence-corrected chi connectivity index (χ3v) is 4.14. The molecule has 0 atom stereocenters. The molecule has 1 saturated carbocycles. The van der Waals surface area contributed by atoms with E-state index >= 15 is 0 Å². The molecule has 0 bridgehead atoms. The lowest BCUT2D eigenvalue weighted by molar-refractivity contribution is -0.139. The first-order valence-electron chi connectivity index (χ1n) is 7.53. The van der Waals surface area contributed by atoms with Gasteiger partial charge in [-0.1, -0.05) is 26.2 Å². The van der Waals surface area contributed by atoms with E-state index in [1.807, 2.05) is 13.0 Å². The zero-order chi connectivity index (χ0) is 15.3. The number of aliphatic carboxylic acids is 1. The second kappa shape index (κ2) is 6.70. The predicted octanol–water partition coefficient (Wildman–Crippen LogP) is 2.55. The first-order valence-corrected chi connectivity index (χ1v) is 7.53. The van der Waals surface area contributed by atoms with Crippen molar-refractivity contribution in [1.29, 1.82) is 0 Å². The van der Waals surface area contributed by atoms with E-state index in [4.69, 9.17) is 5.11 Å². The Kier molecular flexibility index (Phi) is 4.94. The molecular weight excluding hydrogens is 268 g/mol.